The van der Waals surface area contributed by atoms with Crippen LogP contribution in [-0.2, 0) is 17.8 Å². The normalized spacial score (nSPS) is 12.4. The van der Waals surface area contributed by atoms with Crippen molar-refractivity contribution in [3.05, 3.63) is 63.5 Å². The molecule has 30 heavy (non-hydrogen) atoms. The standard InChI is InChI=1S/C20H17N3O7/c1-2-12-3-5-13(6-4-12)19-21-18(30-22-19)11-29-20(24)14-9-16-17(28-8-7-27-16)10-15(14)23(25)26/h3-6,9-10H,2,7-8,11H2,1H3. The Kier molecular flexibility index (Phi) is 5.29. The number of carbonyl (C=O) groups is 1. The molecule has 0 saturated heterocycles. The summed E-state index contributed by atoms with van der Waals surface area (Å²) in [6.45, 7) is 2.28. The molecule has 0 radical (unpaired) electrons. The van der Waals surface area contributed by atoms with Crippen molar-refractivity contribution in [2.45, 2.75) is 20.0 Å². The van der Waals surface area contributed by atoms with Crippen molar-refractivity contribution in [3.8, 4) is 22.9 Å². The molecule has 0 aliphatic carbocycles. The van der Waals surface area contributed by atoms with Gasteiger partial charge in [-0.1, -0.05) is 36.3 Å². The van der Waals surface area contributed by atoms with Crippen LogP contribution < -0.4 is 9.47 Å². The van der Waals surface area contributed by atoms with E-state index in [0.29, 0.717) is 5.82 Å². The summed E-state index contributed by atoms with van der Waals surface area (Å²) in [7, 11) is 0. The zero-order valence-corrected chi connectivity index (χ0v) is 16.0. The molecule has 1 aliphatic rings. The Bertz CT molecular complexity index is 1090. The van der Waals surface area contributed by atoms with E-state index in [-0.39, 0.29) is 42.8 Å². The van der Waals surface area contributed by atoms with Crippen molar-refractivity contribution in [2.24, 2.45) is 0 Å². The molecule has 0 bridgehead atoms. The fraction of sp³-hybridized carbons (Fsp3) is 0.250. The van der Waals surface area contributed by atoms with E-state index in [9.17, 15) is 14.9 Å². The molecule has 1 aromatic heterocycles. The molecule has 3 aromatic rings. The van der Waals surface area contributed by atoms with Crippen molar-refractivity contribution < 1.29 is 28.5 Å². The van der Waals surface area contributed by atoms with Gasteiger partial charge in [0.25, 0.3) is 11.6 Å². The van der Waals surface area contributed by atoms with Gasteiger partial charge in [-0.25, -0.2) is 4.79 Å². The molecule has 0 saturated carbocycles. The molecule has 0 fully saturated rings. The van der Waals surface area contributed by atoms with E-state index in [0.717, 1.165) is 18.1 Å². The van der Waals surface area contributed by atoms with E-state index in [1.54, 1.807) is 0 Å². The van der Waals surface area contributed by atoms with Gasteiger partial charge < -0.3 is 18.7 Å². The van der Waals surface area contributed by atoms with E-state index in [1.807, 2.05) is 24.3 Å². The molecule has 10 heteroatoms. The van der Waals surface area contributed by atoms with Gasteiger partial charge in [-0.15, -0.1) is 0 Å². The molecule has 0 unspecified atom stereocenters. The number of aryl methyl sites for hydroxylation is 1. The van der Waals surface area contributed by atoms with Crippen molar-refractivity contribution in [2.75, 3.05) is 13.2 Å². The number of nitrogens with zero attached hydrogens (tertiary/aromatic N) is 3. The highest BCUT2D eigenvalue weighted by Gasteiger charge is 2.27. The number of ether oxygens (including phenoxy) is 3. The SMILES string of the molecule is CCc1ccc(-c2noc(COC(=O)c3cc4c(cc3[N+](=O)[O-])OCCO4)n2)cc1. The van der Waals surface area contributed by atoms with E-state index < -0.39 is 16.6 Å². The number of aromatic nitrogens is 2. The number of benzene rings is 2. The largest absolute Gasteiger partial charge is 0.486 e. The van der Waals surface area contributed by atoms with Crippen LogP contribution >= 0.6 is 0 Å². The first-order chi connectivity index (χ1) is 14.5. The number of nitro benzene ring substituents is 1. The molecular formula is C20H17N3O7. The summed E-state index contributed by atoms with van der Waals surface area (Å²) < 4.78 is 21.0. The van der Waals surface area contributed by atoms with Gasteiger partial charge in [0, 0.05) is 11.6 Å². The third-order valence-corrected chi connectivity index (χ3v) is 4.49. The van der Waals surface area contributed by atoms with Gasteiger partial charge in [0.05, 0.1) is 11.0 Å². The molecule has 154 valence electrons. The summed E-state index contributed by atoms with van der Waals surface area (Å²) in [5.41, 5.74) is 1.25. The van der Waals surface area contributed by atoms with E-state index in [4.69, 9.17) is 18.7 Å². The maximum Gasteiger partial charge on any atom is 0.345 e. The van der Waals surface area contributed by atoms with Crippen molar-refractivity contribution >= 4 is 11.7 Å². The molecular weight excluding hydrogens is 394 g/mol. The number of hydrogen-bond donors (Lipinski definition) is 0. The summed E-state index contributed by atoms with van der Waals surface area (Å²) in [4.78, 5) is 27.3. The highest BCUT2D eigenvalue weighted by molar-refractivity contribution is 5.95. The van der Waals surface area contributed by atoms with Crippen LogP contribution in [0.25, 0.3) is 11.4 Å². The second-order valence-electron chi connectivity index (χ2n) is 6.41. The van der Waals surface area contributed by atoms with Crippen LogP contribution in [0.1, 0.15) is 28.7 Å². The van der Waals surface area contributed by atoms with Crippen molar-refractivity contribution in [1.82, 2.24) is 10.1 Å². The van der Waals surface area contributed by atoms with Gasteiger partial charge in [-0.05, 0) is 12.0 Å². The van der Waals surface area contributed by atoms with Crippen LogP contribution in [0.15, 0.2) is 40.9 Å². The minimum absolute atomic E-state index is 0.0677. The quantitative estimate of drug-likeness (QED) is 0.341. The van der Waals surface area contributed by atoms with Gasteiger partial charge >= 0.3 is 5.97 Å². The van der Waals surface area contributed by atoms with Crippen molar-refractivity contribution in [1.29, 1.82) is 0 Å². The second kappa shape index (κ2) is 8.19. The number of nitro groups is 1. The molecule has 0 amide bonds. The third kappa shape index (κ3) is 3.93. The summed E-state index contributed by atoms with van der Waals surface area (Å²) in [5.74, 6) is -0.0348. The highest BCUT2D eigenvalue weighted by Crippen LogP contribution is 2.37. The molecule has 0 spiro atoms. The molecule has 2 aromatic carbocycles. The minimum Gasteiger partial charge on any atom is -0.486 e. The Hall–Kier alpha value is -3.95. The van der Waals surface area contributed by atoms with Crippen LogP contribution in [0.5, 0.6) is 11.5 Å². The Labute approximate surface area is 170 Å². The first-order valence-corrected chi connectivity index (χ1v) is 9.22. The van der Waals surface area contributed by atoms with Crippen LogP contribution in [0.4, 0.5) is 5.69 Å². The lowest BCUT2D eigenvalue weighted by Gasteiger charge is -2.18. The summed E-state index contributed by atoms with van der Waals surface area (Å²) >= 11 is 0. The number of rotatable bonds is 6. The van der Waals surface area contributed by atoms with E-state index in [2.05, 4.69) is 17.1 Å². The van der Waals surface area contributed by atoms with E-state index >= 15 is 0 Å². The first-order valence-electron chi connectivity index (χ1n) is 9.22. The number of hydrogen-bond acceptors (Lipinski definition) is 9. The first kappa shape index (κ1) is 19.4. The molecule has 4 rings (SSSR count). The van der Waals surface area contributed by atoms with Gasteiger partial charge in [0.1, 0.15) is 18.8 Å². The molecule has 0 atom stereocenters. The zero-order chi connectivity index (χ0) is 21.1. The topological polar surface area (TPSA) is 127 Å². The highest BCUT2D eigenvalue weighted by atomic mass is 16.6. The fourth-order valence-corrected chi connectivity index (χ4v) is 2.92. The van der Waals surface area contributed by atoms with Gasteiger partial charge in [-0.3, -0.25) is 10.1 Å². The van der Waals surface area contributed by atoms with Gasteiger partial charge in [-0.2, -0.15) is 4.98 Å². The number of carbonyl (C=O) groups excluding carboxylic acids is 1. The zero-order valence-electron chi connectivity index (χ0n) is 16.0. The summed E-state index contributed by atoms with van der Waals surface area (Å²) in [6, 6.07) is 10.1. The van der Waals surface area contributed by atoms with Crippen LogP contribution in [0.2, 0.25) is 0 Å². The van der Waals surface area contributed by atoms with Crippen molar-refractivity contribution in [3.63, 3.8) is 0 Å². The third-order valence-electron chi connectivity index (χ3n) is 4.49. The molecule has 0 N–H and O–H groups in total. The number of esters is 1. The van der Waals surface area contributed by atoms with Crippen LogP contribution in [-0.4, -0.2) is 34.2 Å². The minimum atomic E-state index is -0.911. The summed E-state index contributed by atoms with van der Waals surface area (Å²) in [6.07, 6.45) is 0.916. The molecule has 1 aliphatic heterocycles. The molecule has 2 heterocycles. The fourth-order valence-electron chi connectivity index (χ4n) is 2.92. The lowest BCUT2D eigenvalue weighted by atomic mass is 10.1. The van der Waals surface area contributed by atoms with Crippen LogP contribution in [0, 0.1) is 10.1 Å². The predicted octanol–water partition coefficient (Wildman–Crippen LogP) is 3.34. The van der Waals surface area contributed by atoms with Gasteiger partial charge in [0.15, 0.2) is 18.1 Å². The summed E-state index contributed by atoms with van der Waals surface area (Å²) in [5, 5.41) is 15.2. The van der Waals surface area contributed by atoms with E-state index in [1.165, 1.54) is 11.6 Å². The molecule has 10 nitrogen and oxygen atoms in total. The van der Waals surface area contributed by atoms with Gasteiger partial charge in [0.2, 0.25) is 5.82 Å². The Morgan fingerprint density at radius 1 is 1.17 bits per heavy atom. The number of fused-ring (bicyclic) bond motifs is 1. The monoisotopic (exact) mass is 411 g/mol. The Morgan fingerprint density at radius 3 is 2.53 bits per heavy atom. The van der Waals surface area contributed by atoms with Crippen LogP contribution in [0.3, 0.4) is 0 Å². The smallest absolute Gasteiger partial charge is 0.345 e. The average molecular weight is 411 g/mol. The average Bonchev–Trinajstić information content (AvgIpc) is 3.25. The maximum absolute atomic E-state index is 12.5. The Morgan fingerprint density at radius 2 is 1.87 bits per heavy atom. The second-order valence-corrected chi connectivity index (χ2v) is 6.41. The lowest BCUT2D eigenvalue weighted by Crippen LogP contribution is -2.17. The maximum atomic E-state index is 12.5. The lowest BCUT2D eigenvalue weighted by molar-refractivity contribution is -0.385. The predicted molar refractivity (Wildman–Crippen MR) is 102 cm³/mol. The Balaban J connectivity index is 1.48.